The Kier molecular flexibility index (Phi) is 2.59. The molecule has 0 amide bonds. The van der Waals surface area contributed by atoms with Crippen LogP contribution in [0, 0.1) is 0 Å². The summed E-state index contributed by atoms with van der Waals surface area (Å²) in [7, 11) is -0.874. The Hall–Kier alpha value is -1.22. The Balaban J connectivity index is 2.56. The van der Waals surface area contributed by atoms with E-state index in [0.29, 0.717) is 5.75 Å². The van der Waals surface area contributed by atoms with Crippen molar-refractivity contribution >= 4 is 21.6 Å². The number of hydrogen-bond acceptors (Lipinski definition) is 2. The van der Waals surface area contributed by atoms with Crippen molar-refractivity contribution in [3.8, 4) is 0 Å². The minimum Gasteiger partial charge on any atom is -0.264 e. The van der Waals surface area contributed by atoms with Gasteiger partial charge in [0.2, 0.25) is 0 Å². The molecule has 0 spiro atoms. The van der Waals surface area contributed by atoms with E-state index in [1.54, 1.807) is 12.4 Å². The van der Waals surface area contributed by atoms with Crippen LogP contribution < -0.4 is 0 Å². The zero-order valence-corrected chi connectivity index (χ0v) is 8.75. The van der Waals surface area contributed by atoms with Crippen LogP contribution in [-0.2, 0) is 10.8 Å². The van der Waals surface area contributed by atoms with Crippen molar-refractivity contribution in [1.29, 1.82) is 0 Å². The molecule has 2 aromatic rings. The highest BCUT2D eigenvalue weighted by Crippen LogP contribution is 2.16. The van der Waals surface area contributed by atoms with Crippen molar-refractivity contribution in [3.63, 3.8) is 0 Å². The van der Waals surface area contributed by atoms with E-state index in [0.717, 1.165) is 15.7 Å². The molecule has 0 radical (unpaired) electrons. The minimum atomic E-state index is -0.874. The van der Waals surface area contributed by atoms with Crippen LogP contribution in [0.5, 0.6) is 0 Å². The third-order valence-electron chi connectivity index (χ3n) is 2.14. The Morgan fingerprint density at radius 1 is 1.29 bits per heavy atom. The molecule has 0 aliphatic rings. The fraction of sp³-hybridized carbons (Fsp3) is 0.182. The molecule has 72 valence electrons. The summed E-state index contributed by atoms with van der Waals surface area (Å²) in [6.45, 7) is 1.92. The van der Waals surface area contributed by atoms with Crippen LogP contribution in [0.3, 0.4) is 0 Å². The third-order valence-corrected chi connectivity index (χ3v) is 3.44. The first-order valence-electron chi connectivity index (χ1n) is 4.53. The van der Waals surface area contributed by atoms with Gasteiger partial charge in [0.25, 0.3) is 0 Å². The molecule has 2 rings (SSSR count). The lowest BCUT2D eigenvalue weighted by molar-refractivity contribution is 0.684. The molecule has 3 heteroatoms. The van der Waals surface area contributed by atoms with Gasteiger partial charge < -0.3 is 0 Å². The summed E-state index contributed by atoms with van der Waals surface area (Å²) in [4.78, 5) is 4.92. The maximum atomic E-state index is 11.5. The molecule has 1 atom stereocenters. The van der Waals surface area contributed by atoms with Gasteiger partial charge in [0.05, 0.1) is 10.8 Å². The van der Waals surface area contributed by atoms with Gasteiger partial charge in [-0.25, -0.2) is 0 Å². The lowest BCUT2D eigenvalue weighted by atomic mass is 10.2. The van der Waals surface area contributed by atoms with E-state index in [4.69, 9.17) is 0 Å². The van der Waals surface area contributed by atoms with E-state index in [9.17, 15) is 4.21 Å². The van der Waals surface area contributed by atoms with Crippen LogP contribution in [0.1, 0.15) is 6.92 Å². The van der Waals surface area contributed by atoms with Crippen molar-refractivity contribution in [1.82, 2.24) is 4.98 Å². The van der Waals surface area contributed by atoms with Gasteiger partial charge >= 0.3 is 0 Å². The van der Waals surface area contributed by atoms with Crippen LogP contribution >= 0.6 is 0 Å². The maximum absolute atomic E-state index is 11.5. The Labute approximate surface area is 85.4 Å². The van der Waals surface area contributed by atoms with E-state index >= 15 is 0 Å². The third kappa shape index (κ3) is 1.68. The number of pyridine rings is 1. The predicted molar refractivity (Wildman–Crippen MR) is 58.7 cm³/mol. The van der Waals surface area contributed by atoms with Crippen molar-refractivity contribution in [2.45, 2.75) is 11.8 Å². The molecule has 0 aliphatic heterocycles. The number of benzene rings is 1. The van der Waals surface area contributed by atoms with Crippen molar-refractivity contribution < 1.29 is 4.21 Å². The Bertz CT molecular complexity index is 481. The zero-order chi connectivity index (χ0) is 9.97. The average Bonchev–Trinajstić information content (AvgIpc) is 2.27. The van der Waals surface area contributed by atoms with Crippen molar-refractivity contribution in [2.75, 3.05) is 5.75 Å². The van der Waals surface area contributed by atoms with Crippen LogP contribution in [-0.4, -0.2) is 14.9 Å². The molecule has 1 aromatic carbocycles. The minimum absolute atomic E-state index is 0.659. The van der Waals surface area contributed by atoms with Gasteiger partial charge in [-0.1, -0.05) is 13.0 Å². The van der Waals surface area contributed by atoms with Gasteiger partial charge in [-0.3, -0.25) is 9.19 Å². The second-order valence-electron chi connectivity index (χ2n) is 3.02. The quantitative estimate of drug-likeness (QED) is 0.753. The molecule has 0 saturated heterocycles. The predicted octanol–water partition coefficient (Wildman–Crippen LogP) is 2.36. The lowest BCUT2D eigenvalue weighted by Gasteiger charge is -2.01. The van der Waals surface area contributed by atoms with E-state index in [-0.39, 0.29) is 0 Å². The van der Waals surface area contributed by atoms with Crippen LogP contribution in [0.25, 0.3) is 10.8 Å². The first-order valence-corrected chi connectivity index (χ1v) is 5.85. The fourth-order valence-corrected chi connectivity index (χ4v) is 2.18. The number of rotatable bonds is 2. The molecular formula is C11H11NOS. The summed E-state index contributed by atoms with van der Waals surface area (Å²) in [5.41, 5.74) is 0. The Morgan fingerprint density at radius 2 is 2.14 bits per heavy atom. The molecule has 0 fully saturated rings. The number of hydrogen-bond donors (Lipinski definition) is 0. The summed E-state index contributed by atoms with van der Waals surface area (Å²) in [6.07, 6.45) is 3.56. The topological polar surface area (TPSA) is 30.0 Å². The highest BCUT2D eigenvalue weighted by molar-refractivity contribution is 7.85. The molecule has 14 heavy (non-hydrogen) atoms. The molecular weight excluding hydrogens is 194 g/mol. The van der Waals surface area contributed by atoms with E-state index in [2.05, 4.69) is 4.98 Å². The molecule has 2 nitrogen and oxygen atoms in total. The normalized spacial score (nSPS) is 12.9. The van der Waals surface area contributed by atoms with Gasteiger partial charge in [0, 0.05) is 28.4 Å². The van der Waals surface area contributed by atoms with Gasteiger partial charge in [-0.15, -0.1) is 0 Å². The molecule has 1 heterocycles. The van der Waals surface area contributed by atoms with E-state index < -0.39 is 10.8 Å². The van der Waals surface area contributed by atoms with Gasteiger partial charge in [-0.05, 0) is 23.6 Å². The Morgan fingerprint density at radius 3 is 2.93 bits per heavy atom. The zero-order valence-electron chi connectivity index (χ0n) is 7.93. The van der Waals surface area contributed by atoms with Crippen molar-refractivity contribution in [3.05, 3.63) is 36.7 Å². The number of fused-ring (bicyclic) bond motifs is 1. The fourth-order valence-electron chi connectivity index (χ4n) is 1.37. The second-order valence-corrected chi connectivity index (χ2v) is 4.76. The smallest absolute Gasteiger partial charge is 0.0526 e. The first kappa shape index (κ1) is 9.34. The van der Waals surface area contributed by atoms with E-state index in [1.165, 1.54) is 0 Å². The van der Waals surface area contributed by atoms with Gasteiger partial charge in [0.15, 0.2) is 0 Å². The van der Waals surface area contributed by atoms with Crippen molar-refractivity contribution in [2.24, 2.45) is 0 Å². The average molecular weight is 205 g/mol. The van der Waals surface area contributed by atoms with Crippen LogP contribution in [0.4, 0.5) is 0 Å². The highest BCUT2D eigenvalue weighted by atomic mass is 32.2. The second kappa shape index (κ2) is 3.88. The maximum Gasteiger partial charge on any atom is 0.0526 e. The lowest BCUT2D eigenvalue weighted by Crippen LogP contribution is -1.93. The summed E-state index contributed by atoms with van der Waals surface area (Å²) >= 11 is 0. The number of nitrogens with zero attached hydrogens (tertiary/aromatic N) is 1. The standard InChI is InChI=1S/C11H11NOS/c1-2-14(13)11-4-3-9-5-6-12-8-10(9)7-11/h3-8H,2H2,1H3. The summed E-state index contributed by atoms with van der Waals surface area (Å²) in [6, 6.07) is 7.80. The summed E-state index contributed by atoms with van der Waals surface area (Å²) < 4.78 is 11.5. The number of aromatic nitrogens is 1. The van der Waals surface area contributed by atoms with E-state index in [1.807, 2.05) is 31.2 Å². The molecule has 0 saturated carbocycles. The molecule has 1 unspecified atom stereocenters. The first-order chi connectivity index (χ1) is 6.81. The molecule has 1 aromatic heterocycles. The van der Waals surface area contributed by atoms with Crippen LogP contribution in [0.2, 0.25) is 0 Å². The van der Waals surface area contributed by atoms with Gasteiger partial charge in [0.1, 0.15) is 0 Å². The van der Waals surface area contributed by atoms with Gasteiger partial charge in [-0.2, -0.15) is 0 Å². The molecule has 0 N–H and O–H groups in total. The highest BCUT2D eigenvalue weighted by Gasteiger charge is 2.01. The molecule has 0 bridgehead atoms. The molecule has 0 aliphatic carbocycles. The monoisotopic (exact) mass is 205 g/mol. The SMILES string of the molecule is CCS(=O)c1ccc2ccncc2c1. The summed E-state index contributed by atoms with van der Waals surface area (Å²) in [5.74, 6) is 0.659. The summed E-state index contributed by atoms with van der Waals surface area (Å²) in [5, 5.41) is 2.18. The van der Waals surface area contributed by atoms with Crippen LogP contribution in [0.15, 0.2) is 41.6 Å². The largest absolute Gasteiger partial charge is 0.264 e.